The Morgan fingerprint density at radius 3 is 2.75 bits per heavy atom. The van der Waals surface area contributed by atoms with Crippen molar-refractivity contribution in [1.29, 1.82) is 0 Å². The zero-order chi connectivity index (χ0) is 13.6. The average molecular weight is 271 g/mol. The molecule has 2 fully saturated rings. The van der Waals surface area contributed by atoms with Crippen LogP contribution in [-0.2, 0) is 5.54 Å². The van der Waals surface area contributed by atoms with E-state index in [9.17, 15) is 0 Å². The molecule has 2 heterocycles. The summed E-state index contributed by atoms with van der Waals surface area (Å²) in [6, 6.07) is 1.81. The van der Waals surface area contributed by atoms with E-state index >= 15 is 0 Å². The van der Waals surface area contributed by atoms with E-state index in [2.05, 4.69) is 20.1 Å². The minimum Gasteiger partial charge on any atom is -0.332 e. The summed E-state index contributed by atoms with van der Waals surface area (Å²) < 4.78 is 5.35. The molecular formula is C14H17N5O. The van der Waals surface area contributed by atoms with E-state index in [1.54, 1.807) is 12.3 Å². The SMILES string of the molecule is NC1(c2noc(-c3ccnc(C4CC4)n3)n2)CCCC1. The smallest absolute Gasteiger partial charge is 0.276 e. The van der Waals surface area contributed by atoms with Gasteiger partial charge in [0.25, 0.3) is 5.89 Å². The van der Waals surface area contributed by atoms with Gasteiger partial charge in [-0.3, -0.25) is 0 Å². The van der Waals surface area contributed by atoms with Gasteiger partial charge in [-0.05, 0) is 31.7 Å². The van der Waals surface area contributed by atoms with E-state index in [4.69, 9.17) is 10.3 Å². The number of hydrogen-bond acceptors (Lipinski definition) is 6. The molecule has 2 aliphatic carbocycles. The van der Waals surface area contributed by atoms with Gasteiger partial charge in [-0.2, -0.15) is 4.98 Å². The van der Waals surface area contributed by atoms with E-state index in [-0.39, 0.29) is 0 Å². The third-order valence-electron chi connectivity index (χ3n) is 4.20. The van der Waals surface area contributed by atoms with Crippen LogP contribution in [0.15, 0.2) is 16.8 Å². The third kappa shape index (κ3) is 2.00. The van der Waals surface area contributed by atoms with Crippen LogP contribution in [0.1, 0.15) is 56.1 Å². The molecule has 0 saturated heterocycles. The zero-order valence-corrected chi connectivity index (χ0v) is 11.2. The largest absolute Gasteiger partial charge is 0.332 e. The summed E-state index contributed by atoms with van der Waals surface area (Å²) in [6.45, 7) is 0. The standard InChI is InChI=1S/C14H17N5O/c15-14(6-1-2-7-14)13-18-12(20-19-13)10-5-8-16-11(17-10)9-3-4-9/h5,8-9H,1-4,6-7,15H2. The lowest BCUT2D eigenvalue weighted by molar-refractivity contribution is 0.372. The molecule has 0 aromatic carbocycles. The topological polar surface area (TPSA) is 90.7 Å². The lowest BCUT2D eigenvalue weighted by atomic mass is 9.99. The van der Waals surface area contributed by atoms with E-state index < -0.39 is 5.54 Å². The molecule has 0 aliphatic heterocycles. The second-order valence-electron chi connectivity index (χ2n) is 5.86. The first-order valence-electron chi connectivity index (χ1n) is 7.21. The number of nitrogens with two attached hydrogens (primary N) is 1. The first-order valence-corrected chi connectivity index (χ1v) is 7.21. The second-order valence-corrected chi connectivity index (χ2v) is 5.86. The zero-order valence-electron chi connectivity index (χ0n) is 11.2. The minimum atomic E-state index is -0.423. The molecule has 104 valence electrons. The quantitative estimate of drug-likeness (QED) is 0.919. The summed E-state index contributed by atoms with van der Waals surface area (Å²) in [7, 11) is 0. The second kappa shape index (κ2) is 4.34. The molecule has 20 heavy (non-hydrogen) atoms. The molecule has 2 aliphatic rings. The number of rotatable bonds is 3. The van der Waals surface area contributed by atoms with Crippen molar-refractivity contribution in [3.8, 4) is 11.6 Å². The molecule has 0 radical (unpaired) electrons. The predicted molar refractivity (Wildman–Crippen MR) is 71.6 cm³/mol. The van der Waals surface area contributed by atoms with Crippen molar-refractivity contribution < 1.29 is 4.52 Å². The van der Waals surface area contributed by atoms with Gasteiger partial charge in [-0.1, -0.05) is 18.0 Å². The first kappa shape index (κ1) is 12.0. The molecule has 0 amide bonds. The average Bonchev–Trinajstić information content (AvgIpc) is 3.02. The fraction of sp³-hybridized carbons (Fsp3) is 0.571. The summed E-state index contributed by atoms with van der Waals surface area (Å²) >= 11 is 0. The predicted octanol–water partition coefficient (Wildman–Crippen LogP) is 2.13. The molecule has 0 spiro atoms. The molecule has 0 atom stereocenters. The molecule has 2 N–H and O–H groups in total. The number of hydrogen-bond donors (Lipinski definition) is 1. The number of aromatic nitrogens is 4. The first-order chi connectivity index (χ1) is 9.74. The van der Waals surface area contributed by atoms with Crippen LogP contribution in [-0.4, -0.2) is 20.1 Å². The van der Waals surface area contributed by atoms with Crippen molar-refractivity contribution in [3.05, 3.63) is 23.9 Å². The molecular weight excluding hydrogens is 254 g/mol. The molecule has 2 aromatic rings. The summed E-state index contributed by atoms with van der Waals surface area (Å²) in [6.07, 6.45) is 8.19. The highest BCUT2D eigenvalue weighted by molar-refractivity contribution is 5.46. The molecule has 0 bridgehead atoms. The van der Waals surface area contributed by atoms with Gasteiger partial charge in [-0.15, -0.1) is 0 Å². The Kier molecular flexibility index (Phi) is 2.60. The molecule has 0 unspecified atom stereocenters. The van der Waals surface area contributed by atoms with Crippen molar-refractivity contribution in [3.63, 3.8) is 0 Å². The van der Waals surface area contributed by atoms with E-state index in [1.165, 1.54) is 12.8 Å². The van der Waals surface area contributed by atoms with E-state index in [1.807, 2.05) is 0 Å². The van der Waals surface area contributed by atoms with Gasteiger partial charge < -0.3 is 10.3 Å². The van der Waals surface area contributed by atoms with Crippen molar-refractivity contribution in [2.24, 2.45) is 5.73 Å². The maximum absolute atomic E-state index is 6.34. The van der Waals surface area contributed by atoms with Crippen molar-refractivity contribution in [2.75, 3.05) is 0 Å². The Hall–Kier alpha value is -1.82. The van der Waals surface area contributed by atoms with E-state index in [0.717, 1.165) is 31.5 Å². The van der Waals surface area contributed by atoms with Gasteiger partial charge in [0.05, 0.1) is 5.54 Å². The van der Waals surface area contributed by atoms with Crippen LogP contribution in [0.3, 0.4) is 0 Å². The summed E-state index contributed by atoms with van der Waals surface area (Å²) in [4.78, 5) is 13.3. The Labute approximate surface area is 116 Å². The summed E-state index contributed by atoms with van der Waals surface area (Å²) in [5, 5.41) is 4.06. The van der Waals surface area contributed by atoms with Gasteiger partial charge in [0, 0.05) is 12.1 Å². The number of nitrogens with zero attached hydrogens (tertiary/aromatic N) is 4. The highest BCUT2D eigenvalue weighted by Crippen LogP contribution is 2.38. The van der Waals surface area contributed by atoms with Gasteiger partial charge in [-0.25, -0.2) is 9.97 Å². The van der Waals surface area contributed by atoms with Crippen LogP contribution >= 0.6 is 0 Å². The maximum Gasteiger partial charge on any atom is 0.276 e. The molecule has 6 nitrogen and oxygen atoms in total. The Balaban J connectivity index is 1.65. The Bertz CT molecular complexity index is 628. The monoisotopic (exact) mass is 271 g/mol. The van der Waals surface area contributed by atoms with Crippen LogP contribution in [0.2, 0.25) is 0 Å². The maximum atomic E-state index is 6.34. The van der Waals surface area contributed by atoms with Gasteiger partial charge in [0.2, 0.25) is 0 Å². The lowest BCUT2D eigenvalue weighted by Gasteiger charge is -2.17. The van der Waals surface area contributed by atoms with Crippen LogP contribution in [0.4, 0.5) is 0 Å². The van der Waals surface area contributed by atoms with Crippen molar-refractivity contribution in [2.45, 2.75) is 50.0 Å². The van der Waals surface area contributed by atoms with Crippen molar-refractivity contribution >= 4 is 0 Å². The molecule has 4 rings (SSSR count). The van der Waals surface area contributed by atoms with Crippen LogP contribution in [0, 0.1) is 0 Å². The summed E-state index contributed by atoms with van der Waals surface area (Å²) in [5.41, 5.74) is 6.62. The van der Waals surface area contributed by atoms with Crippen molar-refractivity contribution in [1.82, 2.24) is 20.1 Å². The third-order valence-corrected chi connectivity index (χ3v) is 4.20. The van der Waals surface area contributed by atoms with Crippen LogP contribution in [0.25, 0.3) is 11.6 Å². The molecule has 2 saturated carbocycles. The van der Waals surface area contributed by atoms with Gasteiger partial charge in [0.1, 0.15) is 11.5 Å². The summed E-state index contributed by atoms with van der Waals surface area (Å²) in [5.74, 6) is 2.44. The normalized spacial score (nSPS) is 21.2. The Morgan fingerprint density at radius 2 is 2.00 bits per heavy atom. The Morgan fingerprint density at radius 1 is 1.20 bits per heavy atom. The van der Waals surface area contributed by atoms with Crippen LogP contribution < -0.4 is 5.73 Å². The van der Waals surface area contributed by atoms with Gasteiger partial charge in [0.15, 0.2) is 5.82 Å². The molecule has 6 heteroatoms. The lowest BCUT2D eigenvalue weighted by Crippen LogP contribution is -2.34. The fourth-order valence-electron chi connectivity index (χ4n) is 2.79. The van der Waals surface area contributed by atoms with Gasteiger partial charge >= 0.3 is 0 Å². The fourth-order valence-corrected chi connectivity index (χ4v) is 2.79. The van der Waals surface area contributed by atoms with E-state index in [0.29, 0.717) is 23.3 Å². The minimum absolute atomic E-state index is 0.423. The highest BCUT2D eigenvalue weighted by atomic mass is 16.5. The highest BCUT2D eigenvalue weighted by Gasteiger charge is 2.36. The van der Waals surface area contributed by atoms with Crippen LogP contribution in [0.5, 0.6) is 0 Å². The molecule has 2 aromatic heterocycles.